The first-order valence-electron chi connectivity index (χ1n) is 9.10. The first-order chi connectivity index (χ1) is 13.4. The zero-order valence-corrected chi connectivity index (χ0v) is 17.5. The fourth-order valence-corrected chi connectivity index (χ4v) is 2.99. The molecule has 0 spiro atoms. The van der Waals surface area contributed by atoms with Gasteiger partial charge >= 0.3 is 0 Å². The van der Waals surface area contributed by atoms with Crippen molar-refractivity contribution >= 4 is 35.0 Å². The molecule has 150 valence electrons. The molecule has 0 bridgehead atoms. The lowest BCUT2D eigenvalue weighted by Gasteiger charge is -2.28. The van der Waals surface area contributed by atoms with Crippen LogP contribution < -0.4 is 10.1 Å². The lowest BCUT2D eigenvalue weighted by molar-refractivity contribution is -0.142. The molecule has 0 fully saturated rings. The first-order valence-corrected chi connectivity index (χ1v) is 9.86. The van der Waals surface area contributed by atoms with E-state index in [0.717, 1.165) is 12.0 Å². The fraction of sp³-hybridized carbons (Fsp3) is 0.333. The van der Waals surface area contributed by atoms with Gasteiger partial charge in [-0.2, -0.15) is 0 Å². The fourth-order valence-electron chi connectivity index (χ4n) is 2.60. The molecule has 7 heteroatoms. The molecule has 28 heavy (non-hydrogen) atoms. The van der Waals surface area contributed by atoms with Crippen molar-refractivity contribution in [1.82, 2.24) is 10.2 Å². The Bertz CT molecular complexity index is 814. The predicted octanol–water partition coefficient (Wildman–Crippen LogP) is 4.32. The van der Waals surface area contributed by atoms with Crippen LogP contribution in [0.2, 0.25) is 10.0 Å². The van der Waals surface area contributed by atoms with E-state index in [1.54, 1.807) is 43.3 Å². The van der Waals surface area contributed by atoms with E-state index in [0.29, 0.717) is 22.3 Å². The molecular weight excluding hydrogens is 399 g/mol. The molecule has 2 aromatic carbocycles. The molecule has 0 radical (unpaired) electrons. The zero-order valence-electron chi connectivity index (χ0n) is 16.0. The largest absolute Gasteiger partial charge is 0.484 e. The normalized spacial score (nSPS) is 11.6. The number of carbonyl (C=O) groups is 2. The van der Waals surface area contributed by atoms with Crippen LogP contribution in [0.1, 0.15) is 25.8 Å². The average molecular weight is 423 g/mol. The van der Waals surface area contributed by atoms with Gasteiger partial charge in [-0.25, -0.2) is 0 Å². The van der Waals surface area contributed by atoms with E-state index >= 15 is 0 Å². The molecule has 2 aromatic rings. The summed E-state index contributed by atoms with van der Waals surface area (Å²) in [5.74, 6) is -0.0225. The van der Waals surface area contributed by atoms with Crippen molar-refractivity contribution in [3.05, 3.63) is 64.1 Å². The highest BCUT2D eigenvalue weighted by Crippen LogP contribution is 2.18. The smallest absolute Gasteiger partial charge is 0.261 e. The molecule has 0 heterocycles. The molecule has 0 aromatic heterocycles. The molecular formula is C21H24Cl2N2O3. The Labute approximate surface area is 175 Å². The van der Waals surface area contributed by atoms with Crippen LogP contribution >= 0.6 is 23.2 Å². The lowest BCUT2D eigenvalue weighted by Crippen LogP contribution is -2.49. The maximum Gasteiger partial charge on any atom is 0.261 e. The maximum atomic E-state index is 12.9. The van der Waals surface area contributed by atoms with Crippen LogP contribution in [0.4, 0.5) is 0 Å². The van der Waals surface area contributed by atoms with E-state index in [2.05, 4.69) is 5.32 Å². The van der Waals surface area contributed by atoms with Crippen LogP contribution in [-0.4, -0.2) is 35.9 Å². The van der Waals surface area contributed by atoms with Crippen LogP contribution in [0.15, 0.2) is 48.5 Å². The average Bonchev–Trinajstić information content (AvgIpc) is 2.68. The molecule has 1 atom stereocenters. The van der Waals surface area contributed by atoms with Crippen molar-refractivity contribution in [1.29, 1.82) is 0 Å². The van der Waals surface area contributed by atoms with E-state index in [4.69, 9.17) is 27.9 Å². The van der Waals surface area contributed by atoms with E-state index in [9.17, 15) is 9.59 Å². The summed E-state index contributed by atoms with van der Waals surface area (Å²) in [4.78, 5) is 26.8. The third-order valence-corrected chi connectivity index (χ3v) is 4.59. The number of halogens is 2. The van der Waals surface area contributed by atoms with Gasteiger partial charge < -0.3 is 15.0 Å². The number of nitrogens with zero attached hydrogens (tertiary/aromatic N) is 1. The Kier molecular flexibility index (Phi) is 8.61. The first kappa shape index (κ1) is 22.1. The number of hydrogen-bond acceptors (Lipinski definition) is 3. The minimum atomic E-state index is -0.652. The van der Waals surface area contributed by atoms with Crippen LogP contribution in [0, 0.1) is 0 Å². The Morgan fingerprint density at radius 1 is 1.11 bits per heavy atom. The summed E-state index contributed by atoms with van der Waals surface area (Å²) in [7, 11) is 0. The monoisotopic (exact) mass is 422 g/mol. The number of nitrogens with one attached hydrogen (secondary N) is 1. The van der Waals surface area contributed by atoms with Gasteiger partial charge in [-0.05, 0) is 49.2 Å². The Balaban J connectivity index is 2.13. The van der Waals surface area contributed by atoms with Gasteiger partial charge in [-0.1, -0.05) is 48.3 Å². The molecule has 0 saturated carbocycles. The molecule has 1 N–H and O–H groups in total. The van der Waals surface area contributed by atoms with E-state index < -0.39 is 6.04 Å². The zero-order chi connectivity index (χ0) is 20.5. The molecule has 0 aliphatic carbocycles. The van der Waals surface area contributed by atoms with Gasteiger partial charge in [0.1, 0.15) is 11.8 Å². The molecule has 0 aliphatic heterocycles. The number of benzene rings is 2. The predicted molar refractivity (Wildman–Crippen MR) is 112 cm³/mol. The minimum Gasteiger partial charge on any atom is -0.484 e. The van der Waals surface area contributed by atoms with Gasteiger partial charge in [0.15, 0.2) is 6.61 Å². The van der Waals surface area contributed by atoms with Crippen molar-refractivity contribution < 1.29 is 14.3 Å². The van der Waals surface area contributed by atoms with Gasteiger partial charge in [-0.3, -0.25) is 9.59 Å². The Morgan fingerprint density at radius 2 is 1.79 bits per heavy atom. The highest BCUT2D eigenvalue weighted by atomic mass is 35.5. The maximum absolute atomic E-state index is 12.9. The van der Waals surface area contributed by atoms with E-state index in [1.807, 2.05) is 19.1 Å². The van der Waals surface area contributed by atoms with Crippen LogP contribution in [0.5, 0.6) is 5.75 Å². The number of amides is 2. The van der Waals surface area contributed by atoms with Crippen LogP contribution in [-0.2, 0) is 16.1 Å². The summed E-state index contributed by atoms with van der Waals surface area (Å²) in [5.41, 5.74) is 0.832. The summed E-state index contributed by atoms with van der Waals surface area (Å²) in [5, 5.41) is 3.92. The number of ether oxygens (including phenoxy) is 1. The van der Waals surface area contributed by atoms with Crippen LogP contribution in [0.3, 0.4) is 0 Å². The second-order valence-electron chi connectivity index (χ2n) is 6.36. The second-order valence-corrected chi connectivity index (χ2v) is 7.24. The van der Waals surface area contributed by atoms with Gasteiger partial charge in [0.25, 0.3) is 5.91 Å². The SMILES string of the molecule is CCCNC(=O)[C@H](C)N(Cc1cccc(Cl)c1)C(=O)COc1cccc(Cl)c1. The quantitative estimate of drug-likeness (QED) is 0.654. The molecule has 0 saturated heterocycles. The topological polar surface area (TPSA) is 58.6 Å². The standard InChI is InChI=1S/C21H24Cl2N2O3/c1-3-10-24-21(27)15(2)25(13-16-6-4-7-17(22)11-16)20(26)14-28-19-9-5-8-18(23)12-19/h4-9,11-12,15H,3,10,13-14H2,1-2H3,(H,24,27)/t15-/m0/s1. The summed E-state index contributed by atoms with van der Waals surface area (Å²) in [6.07, 6.45) is 0.818. The number of carbonyl (C=O) groups excluding carboxylic acids is 2. The van der Waals surface area contributed by atoms with Crippen molar-refractivity contribution in [3.8, 4) is 5.75 Å². The summed E-state index contributed by atoms with van der Waals surface area (Å²) in [6.45, 7) is 4.28. The third-order valence-electron chi connectivity index (χ3n) is 4.12. The van der Waals surface area contributed by atoms with Gasteiger partial charge in [0.2, 0.25) is 5.91 Å². The highest BCUT2D eigenvalue weighted by molar-refractivity contribution is 6.30. The van der Waals surface area contributed by atoms with Gasteiger partial charge in [0.05, 0.1) is 0 Å². The van der Waals surface area contributed by atoms with E-state index in [1.165, 1.54) is 4.90 Å². The van der Waals surface area contributed by atoms with Crippen molar-refractivity contribution in [2.75, 3.05) is 13.2 Å². The lowest BCUT2D eigenvalue weighted by atomic mass is 10.1. The molecule has 5 nitrogen and oxygen atoms in total. The van der Waals surface area contributed by atoms with E-state index in [-0.39, 0.29) is 25.0 Å². The summed E-state index contributed by atoms with van der Waals surface area (Å²) in [6, 6.07) is 13.4. The number of rotatable bonds is 9. The Hall–Kier alpha value is -2.24. The summed E-state index contributed by atoms with van der Waals surface area (Å²) < 4.78 is 5.57. The molecule has 0 unspecified atom stereocenters. The molecule has 2 amide bonds. The summed E-state index contributed by atoms with van der Waals surface area (Å²) >= 11 is 12.0. The molecule has 2 rings (SSSR count). The van der Waals surface area contributed by atoms with Crippen molar-refractivity contribution in [3.63, 3.8) is 0 Å². The Morgan fingerprint density at radius 3 is 2.43 bits per heavy atom. The van der Waals surface area contributed by atoms with Gasteiger partial charge in [0, 0.05) is 23.1 Å². The number of hydrogen-bond donors (Lipinski definition) is 1. The van der Waals surface area contributed by atoms with Gasteiger partial charge in [-0.15, -0.1) is 0 Å². The van der Waals surface area contributed by atoms with Crippen molar-refractivity contribution in [2.24, 2.45) is 0 Å². The van der Waals surface area contributed by atoms with Crippen molar-refractivity contribution in [2.45, 2.75) is 32.9 Å². The highest BCUT2D eigenvalue weighted by Gasteiger charge is 2.26. The molecule has 0 aliphatic rings. The van der Waals surface area contributed by atoms with Crippen LogP contribution in [0.25, 0.3) is 0 Å². The second kappa shape index (κ2) is 10.9. The minimum absolute atomic E-state index is 0.202. The third kappa shape index (κ3) is 6.73.